The molecule has 1 aliphatic rings. The van der Waals surface area contributed by atoms with Gasteiger partial charge in [-0.3, -0.25) is 14.8 Å². The first-order chi connectivity index (χ1) is 12.6. The third-order valence-electron chi connectivity index (χ3n) is 4.89. The summed E-state index contributed by atoms with van der Waals surface area (Å²) in [6.07, 6.45) is 6.10. The molecule has 26 heavy (non-hydrogen) atoms. The Morgan fingerprint density at radius 2 is 1.85 bits per heavy atom. The van der Waals surface area contributed by atoms with Crippen molar-refractivity contribution in [3.05, 3.63) is 35.4 Å². The second kappa shape index (κ2) is 10.9. The minimum atomic E-state index is -0.530. The van der Waals surface area contributed by atoms with Gasteiger partial charge in [0.1, 0.15) is 0 Å². The number of hydrogen-bond acceptors (Lipinski definition) is 4. The van der Waals surface area contributed by atoms with Crippen LogP contribution in [-0.4, -0.2) is 53.0 Å². The fourth-order valence-electron chi connectivity index (χ4n) is 3.31. The van der Waals surface area contributed by atoms with Crippen molar-refractivity contribution in [2.45, 2.75) is 52.0 Å². The third kappa shape index (κ3) is 6.42. The Morgan fingerprint density at radius 3 is 2.46 bits per heavy atom. The molecule has 2 rings (SSSR count). The van der Waals surface area contributed by atoms with Gasteiger partial charge >= 0.3 is 0 Å². The van der Waals surface area contributed by atoms with E-state index in [1.807, 2.05) is 17.0 Å². The first-order valence-electron chi connectivity index (χ1n) is 9.67. The van der Waals surface area contributed by atoms with Gasteiger partial charge in [0.15, 0.2) is 0 Å². The zero-order chi connectivity index (χ0) is 18.8. The molecule has 1 aliphatic heterocycles. The van der Waals surface area contributed by atoms with Crippen LogP contribution in [0.15, 0.2) is 24.3 Å². The van der Waals surface area contributed by atoms with Gasteiger partial charge in [-0.15, -0.1) is 0 Å². The lowest BCUT2D eigenvalue weighted by atomic mass is 10.1. The van der Waals surface area contributed by atoms with Gasteiger partial charge in [-0.25, -0.2) is 5.48 Å². The molecule has 0 unspecified atom stereocenters. The highest BCUT2D eigenvalue weighted by molar-refractivity contribution is 5.93. The van der Waals surface area contributed by atoms with Crippen LogP contribution in [0, 0.1) is 0 Å². The van der Waals surface area contributed by atoms with E-state index in [2.05, 4.69) is 11.8 Å². The highest BCUT2D eigenvalue weighted by atomic mass is 16.5. The molecule has 1 fully saturated rings. The minimum absolute atomic E-state index is 0.204. The van der Waals surface area contributed by atoms with Gasteiger partial charge in [-0.05, 0) is 63.0 Å². The number of carbonyl (C=O) groups is 2. The van der Waals surface area contributed by atoms with Crippen molar-refractivity contribution in [2.75, 3.05) is 26.2 Å². The minimum Gasteiger partial charge on any atom is -0.338 e. The molecule has 2 amide bonds. The molecule has 0 spiro atoms. The Balaban J connectivity index is 1.88. The number of hydrogen-bond donors (Lipinski definition) is 2. The lowest BCUT2D eigenvalue weighted by Gasteiger charge is -2.23. The summed E-state index contributed by atoms with van der Waals surface area (Å²) in [4.78, 5) is 28.4. The quantitative estimate of drug-likeness (QED) is 0.496. The van der Waals surface area contributed by atoms with Crippen LogP contribution in [0.3, 0.4) is 0 Å². The summed E-state index contributed by atoms with van der Waals surface area (Å²) < 4.78 is 0. The molecule has 0 atom stereocenters. The Bertz CT molecular complexity index is 568. The van der Waals surface area contributed by atoms with Gasteiger partial charge in [-0.1, -0.05) is 25.5 Å². The normalized spacial score (nSPS) is 14.4. The standard InChI is InChI=1S/C20H31N3O3/c1-2-3-15-23(19(24)7-6-14-22-12-4-5-13-22)16-17-8-10-18(11-9-17)20(25)21-26/h8-11,26H,2-7,12-16H2,1H3,(H,21,25). The summed E-state index contributed by atoms with van der Waals surface area (Å²) in [5.74, 6) is -0.327. The number of carbonyl (C=O) groups excluding carboxylic acids is 2. The smallest absolute Gasteiger partial charge is 0.274 e. The molecular formula is C20H31N3O3. The van der Waals surface area contributed by atoms with E-state index >= 15 is 0 Å². The van der Waals surface area contributed by atoms with Crippen LogP contribution in [0.2, 0.25) is 0 Å². The summed E-state index contributed by atoms with van der Waals surface area (Å²) >= 11 is 0. The molecular weight excluding hydrogens is 330 g/mol. The topological polar surface area (TPSA) is 72.9 Å². The van der Waals surface area contributed by atoms with Crippen LogP contribution in [0.4, 0.5) is 0 Å². The second-order valence-electron chi connectivity index (χ2n) is 6.96. The van der Waals surface area contributed by atoms with Crippen LogP contribution in [0.5, 0.6) is 0 Å². The van der Waals surface area contributed by atoms with Crippen molar-refractivity contribution in [2.24, 2.45) is 0 Å². The summed E-state index contributed by atoms with van der Waals surface area (Å²) in [5, 5.41) is 8.68. The Hall–Kier alpha value is -1.92. The van der Waals surface area contributed by atoms with E-state index in [0.29, 0.717) is 18.5 Å². The van der Waals surface area contributed by atoms with Crippen molar-refractivity contribution in [3.63, 3.8) is 0 Å². The lowest BCUT2D eigenvalue weighted by molar-refractivity contribution is -0.132. The number of benzene rings is 1. The van der Waals surface area contributed by atoms with E-state index in [9.17, 15) is 9.59 Å². The molecule has 0 aromatic heterocycles. The average molecular weight is 361 g/mol. The van der Waals surface area contributed by atoms with Crippen LogP contribution in [0.1, 0.15) is 61.4 Å². The van der Waals surface area contributed by atoms with Crippen molar-refractivity contribution < 1.29 is 14.8 Å². The maximum absolute atomic E-state index is 12.7. The molecule has 1 heterocycles. The summed E-state index contributed by atoms with van der Waals surface area (Å²) in [6, 6.07) is 7.00. The molecule has 0 bridgehead atoms. The zero-order valence-electron chi connectivity index (χ0n) is 15.7. The van der Waals surface area contributed by atoms with Crippen molar-refractivity contribution >= 4 is 11.8 Å². The predicted octanol–water partition coefficient (Wildman–Crippen LogP) is 2.81. The van der Waals surface area contributed by atoms with Gasteiger partial charge in [0.05, 0.1) is 0 Å². The van der Waals surface area contributed by atoms with Gasteiger partial charge in [-0.2, -0.15) is 0 Å². The molecule has 0 radical (unpaired) electrons. The molecule has 0 aliphatic carbocycles. The highest BCUT2D eigenvalue weighted by Crippen LogP contribution is 2.12. The Labute approximate surface area is 156 Å². The first-order valence-corrected chi connectivity index (χ1v) is 9.67. The van der Waals surface area contributed by atoms with Gasteiger partial charge in [0.25, 0.3) is 5.91 Å². The fraction of sp³-hybridized carbons (Fsp3) is 0.600. The maximum Gasteiger partial charge on any atom is 0.274 e. The lowest BCUT2D eigenvalue weighted by Crippen LogP contribution is -2.32. The van der Waals surface area contributed by atoms with Gasteiger partial charge in [0, 0.05) is 25.1 Å². The van der Waals surface area contributed by atoms with Gasteiger partial charge < -0.3 is 9.80 Å². The van der Waals surface area contributed by atoms with Crippen molar-refractivity contribution in [1.82, 2.24) is 15.3 Å². The number of likely N-dealkylation sites (tertiary alicyclic amines) is 1. The number of unbranched alkanes of at least 4 members (excludes halogenated alkanes) is 1. The summed E-state index contributed by atoms with van der Waals surface area (Å²) in [7, 11) is 0. The zero-order valence-corrected chi connectivity index (χ0v) is 15.7. The number of amides is 2. The van der Waals surface area contributed by atoms with E-state index in [-0.39, 0.29) is 5.91 Å². The van der Waals surface area contributed by atoms with Crippen LogP contribution in [0.25, 0.3) is 0 Å². The SMILES string of the molecule is CCCCN(Cc1ccc(C(=O)NO)cc1)C(=O)CCCN1CCCC1. The Kier molecular flexibility index (Phi) is 8.58. The number of nitrogens with one attached hydrogen (secondary N) is 1. The second-order valence-corrected chi connectivity index (χ2v) is 6.96. The predicted molar refractivity (Wildman–Crippen MR) is 101 cm³/mol. The largest absolute Gasteiger partial charge is 0.338 e. The first kappa shape index (κ1) is 20.4. The molecule has 0 saturated carbocycles. The number of nitrogens with zero attached hydrogens (tertiary/aromatic N) is 2. The van der Waals surface area contributed by atoms with E-state index < -0.39 is 5.91 Å². The van der Waals surface area contributed by atoms with E-state index in [0.717, 1.165) is 37.9 Å². The van der Waals surface area contributed by atoms with E-state index in [1.54, 1.807) is 17.6 Å². The van der Waals surface area contributed by atoms with Crippen molar-refractivity contribution in [3.8, 4) is 0 Å². The maximum atomic E-state index is 12.7. The number of rotatable bonds is 10. The monoisotopic (exact) mass is 361 g/mol. The molecule has 1 aromatic carbocycles. The molecule has 1 aromatic rings. The average Bonchev–Trinajstić information content (AvgIpc) is 3.18. The van der Waals surface area contributed by atoms with Crippen LogP contribution >= 0.6 is 0 Å². The highest BCUT2D eigenvalue weighted by Gasteiger charge is 2.16. The molecule has 6 nitrogen and oxygen atoms in total. The van der Waals surface area contributed by atoms with Crippen molar-refractivity contribution in [1.29, 1.82) is 0 Å². The van der Waals surface area contributed by atoms with E-state index in [4.69, 9.17) is 5.21 Å². The van der Waals surface area contributed by atoms with Gasteiger partial charge in [0.2, 0.25) is 5.91 Å². The summed E-state index contributed by atoms with van der Waals surface area (Å²) in [5.41, 5.74) is 3.01. The van der Waals surface area contributed by atoms with Crippen LogP contribution in [-0.2, 0) is 11.3 Å². The van der Waals surface area contributed by atoms with E-state index in [1.165, 1.54) is 25.9 Å². The molecule has 6 heteroatoms. The number of hydroxylamine groups is 1. The molecule has 1 saturated heterocycles. The van der Waals surface area contributed by atoms with Crippen LogP contribution < -0.4 is 5.48 Å². The third-order valence-corrected chi connectivity index (χ3v) is 4.89. The molecule has 144 valence electrons. The Morgan fingerprint density at radius 1 is 1.15 bits per heavy atom. The summed E-state index contributed by atoms with van der Waals surface area (Å²) in [6.45, 7) is 6.79. The molecule has 2 N–H and O–H groups in total. The fourth-order valence-corrected chi connectivity index (χ4v) is 3.31.